The molecule has 0 aliphatic rings. The van der Waals surface area contributed by atoms with E-state index in [1.54, 1.807) is 4.90 Å². The molecule has 3 heteroatoms. The first-order chi connectivity index (χ1) is 7.17. The lowest BCUT2D eigenvalue weighted by molar-refractivity contribution is -0.0725. The van der Waals surface area contributed by atoms with Gasteiger partial charge in [0.05, 0.1) is 0 Å². The van der Waals surface area contributed by atoms with Gasteiger partial charge in [-0.2, -0.15) is 0 Å². The van der Waals surface area contributed by atoms with Crippen LogP contribution in [0.1, 0.15) is 52.9 Å². The van der Waals surface area contributed by atoms with Crippen molar-refractivity contribution < 1.29 is 10.2 Å². The second-order valence-corrected chi connectivity index (χ2v) is 3.75. The molecular weight excluding hydrogens is 190 g/mol. The van der Waals surface area contributed by atoms with Gasteiger partial charge in [0.15, 0.2) is 0 Å². The van der Waals surface area contributed by atoms with Crippen LogP contribution in [0.15, 0.2) is 12.3 Å². The molecule has 3 nitrogen and oxygen atoms in total. The summed E-state index contributed by atoms with van der Waals surface area (Å²) in [4.78, 5) is 1.62. The van der Waals surface area contributed by atoms with Crippen LogP contribution >= 0.6 is 0 Å². The number of nitrogens with zero attached hydrogens (tertiary/aromatic N) is 1. The zero-order valence-corrected chi connectivity index (χ0v) is 10.2. The maximum absolute atomic E-state index is 9.69. The Morgan fingerprint density at radius 1 is 1.07 bits per heavy atom. The van der Waals surface area contributed by atoms with Crippen LogP contribution in [0, 0.1) is 0 Å². The van der Waals surface area contributed by atoms with Gasteiger partial charge in [0.1, 0.15) is 12.5 Å². The molecule has 0 aromatic carbocycles. The number of allylic oxidation sites excluding steroid dienone is 1. The van der Waals surface area contributed by atoms with Gasteiger partial charge in [0.25, 0.3) is 0 Å². The fourth-order valence-electron chi connectivity index (χ4n) is 1.34. The largest absolute Gasteiger partial charge is 0.374 e. The van der Waals surface area contributed by atoms with E-state index in [0.717, 1.165) is 19.3 Å². The third kappa shape index (κ3) is 5.80. The van der Waals surface area contributed by atoms with E-state index in [9.17, 15) is 10.2 Å². The van der Waals surface area contributed by atoms with Crippen LogP contribution in [-0.4, -0.2) is 27.6 Å². The normalized spacial score (nSPS) is 15.5. The van der Waals surface area contributed by atoms with Gasteiger partial charge in [0, 0.05) is 6.20 Å². The van der Waals surface area contributed by atoms with Gasteiger partial charge in [0.2, 0.25) is 0 Å². The predicted octanol–water partition coefficient (Wildman–Crippen LogP) is 2.45. The summed E-state index contributed by atoms with van der Waals surface area (Å²) < 4.78 is 0. The highest BCUT2D eigenvalue weighted by atomic mass is 16.3. The summed E-state index contributed by atoms with van der Waals surface area (Å²) in [5.41, 5.74) is 0. The van der Waals surface area contributed by atoms with Crippen molar-refractivity contribution in [2.24, 2.45) is 0 Å². The quantitative estimate of drug-likeness (QED) is 0.483. The molecule has 0 aromatic rings. The van der Waals surface area contributed by atoms with Crippen LogP contribution in [0.3, 0.4) is 0 Å². The highest BCUT2D eigenvalue weighted by molar-refractivity contribution is 4.84. The summed E-state index contributed by atoms with van der Waals surface area (Å²) in [5.74, 6) is 0. The monoisotopic (exact) mass is 215 g/mol. The minimum absolute atomic E-state index is 0.585. The van der Waals surface area contributed by atoms with E-state index in [-0.39, 0.29) is 0 Å². The van der Waals surface area contributed by atoms with E-state index in [1.165, 1.54) is 0 Å². The summed E-state index contributed by atoms with van der Waals surface area (Å²) in [6, 6.07) is 0. The SMILES string of the molecule is CCCCC=CN(C(O)CC)C(O)CC. The number of aliphatic hydroxyl groups is 2. The predicted molar refractivity (Wildman–Crippen MR) is 63.1 cm³/mol. The first kappa shape index (κ1) is 14.5. The van der Waals surface area contributed by atoms with Crippen molar-refractivity contribution in [3.63, 3.8) is 0 Å². The molecule has 0 heterocycles. The van der Waals surface area contributed by atoms with E-state index >= 15 is 0 Å². The molecule has 0 fully saturated rings. The molecule has 0 aromatic heterocycles. The smallest absolute Gasteiger partial charge is 0.128 e. The van der Waals surface area contributed by atoms with Gasteiger partial charge in [-0.25, -0.2) is 0 Å². The van der Waals surface area contributed by atoms with Crippen molar-refractivity contribution in [1.82, 2.24) is 4.90 Å². The molecule has 2 N–H and O–H groups in total. The maximum Gasteiger partial charge on any atom is 0.128 e. The molecule has 15 heavy (non-hydrogen) atoms. The van der Waals surface area contributed by atoms with Crippen LogP contribution in [0.4, 0.5) is 0 Å². The molecule has 2 unspecified atom stereocenters. The van der Waals surface area contributed by atoms with E-state index in [2.05, 4.69) is 6.92 Å². The van der Waals surface area contributed by atoms with E-state index < -0.39 is 12.5 Å². The summed E-state index contributed by atoms with van der Waals surface area (Å²) in [5, 5.41) is 19.4. The van der Waals surface area contributed by atoms with Crippen molar-refractivity contribution >= 4 is 0 Å². The Morgan fingerprint density at radius 2 is 1.60 bits per heavy atom. The lowest BCUT2D eigenvalue weighted by Crippen LogP contribution is -2.38. The van der Waals surface area contributed by atoms with Crippen LogP contribution in [-0.2, 0) is 0 Å². The molecule has 0 bridgehead atoms. The number of hydrogen-bond donors (Lipinski definition) is 2. The fourth-order valence-corrected chi connectivity index (χ4v) is 1.34. The summed E-state index contributed by atoms with van der Waals surface area (Å²) in [6.07, 6.45) is 7.21. The van der Waals surface area contributed by atoms with Crippen LogP contribution in [0.25, 0.3) is 0 Å². The van der Waals surface area contributed by atoms with Gasteiger partial charge >= 0.3 is 0 Å². The molecule has 0 aliphatic heterocycles. The average molecular weight is 215 g/mol. The van der Waals surface area contributed by atoms with Gasteiger partial charge in [-0.1, -0.05) is 39.7 Å². The van der Waals surface area contributed by atoms with Crippen molar-refractivity contribution in [2.75, 3.05) is 0 Å². The van der Waals surface area contributed by atoms with Gasteiger partial charge in [-0.3, -0.25) is 0 Å². The third-order valence-electron chi connectivity index (χ3n) is 2.42. The second-order valence-electron chi connectivity index (χ2n) is 3.75. The molecule has 0 saturated carbocycles. The zero-order chi connectivity index (χ0) is 11.7. The van der Waals surface area contributed by atoms with E-state index in [0.29, 0.717) is 12.8 Å². The lowest BCUT2D eigenvalue weighted by atomic mass is 10.2. The Kier molecular flexibility index (Phi) is 8.43. The standard InChI is InChI=1S/C12H25NO2/c1-4-7-8-9-10-13(11(14)5-2)12(15)6-3/h9-12,14-15H,4-8H2,1-3H3. The van der Waals surface area contributed by atoms with Crippen LogP contribution < -0.4 is 0 Å². The number of aliphatic hydroxyl groups excluding tert-OH is 2. The molecule has 0 amide bonds. The minimum atomic E-state index is -0.585. The van der Waals surface area contributed by atoms with Crippen molar-refractivity contribution in [2.45, 2.75) is 65.3 Å². The topological polar surface area (TPSA) is 43.7 Å². The van der Waals surface area contributed by atoms with E-state index in [4.69, 9.17) is 0 Å². The first-order valence-electron chi connectivity index (χ1n) is 5.97. The Bertz CT molecular complexity index is 161. The van der Waals surface area contributed by atoms with Gasteiger partial charge < -0.3 is 15.1 Å². The van der Waals surface area contributed by atoms with Crippen LogP contribution in [0.2, 0.25) is 0 Å². The highest BCUT2D eigenvalue weighted by Crippen LogP contribution is 2.09. The lowest BCUT2D eigenvalue weighted by Gasteiger charge is -2.30. The zero-order valence-electron chi connectivity index (χ0n) is 10.2. The third-order valence-corrected chi connectivity index (χ3v) is 2.42. The maximum atomic E-state index is 9.69. The molecule has 0 aliphatic carbocycles. The molecule has 0 rings (SSSR count). The van der Waals surface area contributed by atoms with Crippen LogP contribution in [0.5, 0.6) is 0 Å². The van der Waals surface area contributed by atoms with Gasteiger partial charge in [-0.05, 0) is 19.3 Å². The van der Waals surface area contributed by atoms with Crippen molar-refractivity contribution in [3.8, 4) is 0 Å². The molecule has 0 spiro atoms. The Hall–Kier alpha value is -0.540. The van der Waals surface area contributed by atoms with E-state index in [1.807, 2.05) is 26.1 Å². The summed E-state index contributed by atoms with van der Waals surface area (Å²) >= 11 is 0. The highest BCUT2D eigenvalue weighted by Gasteiger charge is 2.15. The average Bonchev–Trinajstić information content (AvgIpc) is 2.27. The Labute approximate surface area is 93.4 Å². The number of hydrogen-bond acceptors (Lipinski definition) is 3. The van der Waals surface area contributed by atoms with Gasteiger partial charge in [-0.15, -0.1) is 0 Å². The number of unbranched alkanes of at least 4 members (excludes halogenated alkanes) is 2. The summed E-state index contributed by atoms with van der Waals surface area (Å²) in [6.45, 7) is 5.95. The molecule has 90 valence electrons. The number of rotatable bonds is 8. The minimum Gasteiger partial charge on any atom is -0.374 e. The molecular formula is C12H25NO2. The molecule has 0 radical (unpaired) electrons. The fraction of sp³-hybridized carbons (Fsp3) is 0.833. The molecule has 0 saturated heterocycles. The second kappa shape index (κ2) is 8.74. The Balaban J connectivity index is 4.17. The first-order valence-corrected chi connectivity index (χ1v) is 5.97. The van der Waals surface area contributed by atoms with Crippen molar-refractivity contribution in [1.29, 1.82) is 0 Å². The Morgan fingerprint density at radius 3 is 2.00 bits per heavy atom. The summed E-state index contributed by atoms with van der Waals surface area (Å²) in [7, 11) is 0. The van der Waals surface area contributed by atoms with Crippen molar-refractivity contribution in [3.05, 3.63) is 12.3 Å². The molecule has 2 atom stereocenters.